The molecule has 1 N–H and O–H groups in total. The molecule has 0 radical (unpaired) electrons. The van der Waals surface area contributed by atoms with E-state index in [1.807, 2.05) is 51.1 Å². The Kier molecular flexibility index (Phi) is 7.53. The molecule has 0 aliphatic carbocycles. The van der Waals surface area contributed by atoms with E-state index in [0.29, 0.717) is 13.1 Å². The molecule has 0 saturated carbocycles. The Morgan fingerprint density at radius 3 is 2.30 bits per heavy atom. The van der Waals surface area contributed by atoms with Crippen LogP contribution in [0.5, 0.6) is 0 Å². The van der Waals surface area contributed by atoms with Gasteiger partial charge in [0.25, 0.3) is 0 Å². The van der Waals surface area contributed by atoms with Crippen LogP contribution in [0.3, 0.4) is 0 Å². The maximum absolute atomic E-state index is 13.4. The second-order valence-corrected chi connectivity index (χ2v) is 6.93. The molecule has 0 bridgehead atoms. The van der Waals surface area contributed by atoms with Crippen molar-refractivity contribution in [2.45, 2.75) is 39.8 Å². The van der Waals surface area contributed by atoms with E-state index in [0.717, 1.165) is 11.1 Å². The summed E-state index contributed by atoms with van der Waals surface area (Å²) < 4.78 is 13.4. The molecule has 2 rings (SSSR count). The molecule has 2 aromatic carbocycles. The van der Waals surface area contributed by atoms with Crippen molar-refractivity contribution >= 4 is 11.8 Å². The molecule has 2 amide bonds. The van der Waals surface area contributed by atoms with Gasteiger partial charge in [0.2, 0.25) is 11.8 Å². The number of nitrogens with one attached hydrogen (secondary N) is 1. The molecule has 27 heavy (non-hydrogen) atoms. The topological polar surface area (TPSA) is 49.4 Å². The largest absolute Gasteiger partial charge is 0.344 e. The normalized spacial score (nSPS) is 11.9. The Bertz CT molecular complexity index is 762. The highest BCUT2D eigenvalue weighted by molar-refractivity contribution is 5.88. The minimum Gasteiger partial charge on any atom is -0.344 e. The SMILES string of the molecule is CCN(Cc1cccc(F)c1)C(=O)[C@@H](NC(=O)Cc1ccccc1)C(C)C. The summed E-state index contributed by atoms with van der Waals surface area (Å²) in [6.07, 6.45) is 0.230. The first-order chi connectivity index (χ1) is 12.9. The number of hydrogen-bond donors (Lipinski definition) is 1. The predicted octanol–water partition coefficient (Wildman–Crippen LogP) is 3.56. The number of carbonyl (C=O) groups is 2. The molecule has 0 aromatic heterocycles. The van der Waals surface area contributed by atoms with Crippen LogP contribution in [0.25, 0.3) is 0 Å². The highest BCUT2D eigenvalue weighted by Gasteiger charge is 2.28. The van der Waals surface area contributed by atoms with Crippen molar-refractivity contribution in [1.29, 1.82) is 0 Å². The average molecular weight is 370 g/mol. The van der Waals surface area contributed by atoms with Crippen LogP contribution in [0, 0.1) is 11.7 Å². The third kappa shape index (κ3) is 6.20. The molecule has 0 unspecified atom stereocenters. The van der Waals surface area contributed by atoms with Gasteiger partial charge in [-0.2, -0.15) is 0 Å². The van der Waals surface area contributed by atoms with Crippen LogP contribution in [0.4, 0.5) is 4.39 Å². The molecule has 0 aliphatic heterocycles. The third-order valence-electron chi connectivity index (χ3n) is 4.41. The van der Waals surface area contributed by atoms with Gasteiger partial charge in [0, 0.05) is 13.1 Å². The van der Waals surface area contributed by atoms with Gasteiger partial charge in [-0.05, 0) is 36.1 Å². The van der Waals surface area contributed by atoms with Crippen molar-refractivity contribution in [3.05, 3.63) is 71.5 Å². The summed E-state index contributed by atoms with van der Waals surface area (Å²) in [6.45, 7) is 6.47. The number of amides is 2. The Balaban J connectivity index is 2.06. The van der Waals surface area contributed by atoms with Crippen LogP contribution < -0.4 is 5.32 Å². The summed E-state index contributed by atoms with van der Waals surface area (Å²) in [5.74, 6) is -0.723. The van der Waals surface area contributed by atoms with Crippen LogP contribution in [-0.2, 0) is 22.6 Å². The van der Waals surface area contributed by atoms with Crippen LogP contribution in [0.2, 0.25) is 0 Å². The van der Waals surface area contributed by atoms with Gasteiger partial charge in [0.1, 0.15) is 11.9 Å². The number of carbonyl (C=O) groups excluding carboxylic acids is 2. The zero-order valence-corrected chi connectivity index (χ0v) is 16.1. The summed E-state index contributed by atoms with van der Waals surface area (Å²) in [7, 11) is 0. The number of likely N-dealkylation sites (N-methyl/N-ethyl adjacent to an activating group) is 1. The minimum absolute atomic E-state index is 0.0567. The Labute approximate surface area is 160 Å². The molecule has 0 fully saturated rings. The molecular weight excluding hydrogens is 343 g/mol. The van der Waals surface area contributed by atoms with Crippen LogP contribution in [0.1, 0.15) is 31.9 Å². The highest BCUT2D eigenvalue weighted by atomic mass is 19.1. The molecule has 0 saturated heterocycles. The Morgan fingerprint density at radius 1 is 1.04 bits per heavy atom. The highest BCUT2D eigenvalue weighted by Crippen LogP contribution is 2.12. The number of rotatable bonds is 8. The summed E-state index contributed by atoms with van der Waals surface area (Å²) in [5, 5.41) is 2.87. The second-order valence-electron chi connectivity index (χ2n) is 6.93. The van der Waals surface area contributed by atoms with E-state index in [4.69, 9.17) is 0 Å². The Hall–Kier alpha value is -2.69. The second kappa shape index (κ2) is 9.86. The summed E-state index contributed by atoms with van der Waals surface area (Å²) in [6, 6.07) is 15.0. The van der Waals surface area contributed by atoms with Gasteiger partial charge in [-0.25, -0.2) is 4.39 Å². The van der Waals surface area contributed by atoms with Gasteiger partial charge in [-0.1, -0.05) is 56.3 Å². The van der Waals surface area contributed by atoms with Gasteiger partial charge in [0.05, 0.1) is 6.42 Å². The zero-order valence-electron chi connectivity index (χ0n) is 16.1. The molecule has 0 aliphatic rings. The molecule has 0 spiro atoms. The molecular formula is C22H27FN2O2. The molecule has 1 atom stereocenters. The maximum Gasteiger partial charge on any atom is 0.245 e. The van der Waals surface area contributed by atoms with E-state index in [2.05, 4.69) is 5.32 Å². The standard InChI is InChI=1S/C22H27FN2O2/c1-4-25(15-18-11-8-12-19(23)13-18)22(27)21(16(2)3)24-20(26)14-17-9-6-5-7-10-17/h5-13,16,21H,4,14-15H2,1-3H3,(H,24,26)/t21-/m0/s1. The first-order valence-corrected chi connectivity index (χ1v) is 9.27. The monoisotopic (exact) mass is 370 g/mol. The molecule has 0 heterocycles. The van der Waals surface area contributed by atoms with Crippen molar-refractivity contribution in [1.82, 2.24) is 10.2 Å². The lowest BCUT2D eigenvalue weighted by atomic mass is 10.0. The van der Waals surface area contributed by atoms with E-state index >= 15 is 0 Å². The van der Waals surface area contributed by atoms with Gasteiger partial charge in [0.15, 0.2) is 0 Å². The zero-order chi connectivity index (χ0) is 19.8. The lowest BCUT2D eigenvalue weighted by Gasteiger charge is -2.29. The van der Waals surface area contributed by atoms with E-state index in [-0.39, 0.29) is 30.0 Å². The number of halogens is 1. The molecule has 2 aromatic rings. The van der Waals surface area contributed by atoms with Crippen molar-refractivity contribution in [3.63, 3.8) is 0 Å². The van der Waals surface area contributed by atoms with Gasteiger partial charge >= 0.3 is 0 Å². The van der Waals surface area contributed by atoms with Crippen LogP contribution >= 0.6 is 0 Å². The molecule has 144 valence electrons. The van der Waals surface area contributed by atoms with E-state index in [1.165, 1.54) is 12.1 Å². The van der Waals surface area contributed by atoms with Gasteiger partial charge in [-0.15, -0.1) is 0 Å². The number of nitrogens with zero attached hydrogens (tertiary/aromatic N) is 1. The van der Waals surface area contributed by atoms with Gasteiger partial charge < -0.3 is 10.2 Å². The van der Waals surface area contributed by atoms with Gasteiger partial charge in [-0.3, -0.25) is 9.59 Å². The average Bonchev–Trinajstić information content (AvgIpc) is 2.64. The first-order valence-electron chi connectivity index (χ1n) is 9.27. The first kappa shape index (κ1) is 20.6. The van der Waals surface area contributed by atoms with Crippen molar-refractivity contribution < 1.29 is 14.0 Å². The molecule has 4 nitrogen and oxygen atoms in total. The lowest BCUT2D eigenvalue weighted by Crippen LogP contribution is -2.51. The third-order valence-corrected chi connectivity index (χ3v) is 4.41. The maximum atomic E-state index is 13.4. The fourth-order valence-electron chi connectivity index (χ4n) is 2.92. The van der Waals surface area contributed by atoms with Crippen molar-refractivity contribution in [2.24, 2.45) is 5.92 Å². The minimum atomic E-state index is -0.616. The van der Waals surface area contributed by atoms with E-state index < -0.39 is 6.04 Å². The van der Waals surface area contributed by atoms with Crippen LogP contribution in [-0.4, -0.2) is 29.3 Å². The van der Waals surface area contributed by atoms with E-state index in [9.17, 15) is 14.0 Å². The fraction of sp³-hybridized carbons (Fsp3) is 0.364. The van der Waals surface area contributed by atoms with Crippen molar-refractivity contribution in [2.75, 3.05) is 6.54 Å². The summed E-state index contributed by atoms with van der Waals surface area (Å²) in [5.41, 5.74) is 1.63. The van der Waals surface area contributed by atoms with E-state index in [1.54, 1.807) is 17.0 Å². The smallest absolute Gasteiger partial charge is 0.245 e. The summed E-state index contributed by atoms with van der Waals surface area (Å²) in [4.78, 5) is 27.1. The number of benzene rings is 2. The lowest BCUT2D eigenvalue weighted by molar-refractivity contribution is -0.138. The molecule has 5 heteroatoms. The number of hydrogen-bond acceptors (Lipinski definition) is 2. The van der Waals surface area contributed by atoms with Crippen LogP contribution in [0.15, 0.2) is 54.6 Å². The van der Waals surface area contributed by atoms with Crippen molar-refractivity contribution in [3.8, 4) is 0 Å². The predicted molar refractivity (Wildman–Crippen MR) is 104 cm³/mol. The Morgan fingerprint density at radius 2 is 1.70 bits per heavy atom. The fourth-order valence-corrected chi connectivity index (χ4v) is 2.92. The summed E-state index contributed by atoms with van der Waals surface area (Å²) >= 11 is 0. The quantitative estimate of drug-likeness (QED) is 0.772.